The third-order valence-corrected chi connectivity index (χ3v) is 6.18. The highest BCUT2D eigenvalue weighted by molar-refractivity contribution is 5.88. The lowest BCUT2D eigenvalue weighted by molar-refractivity contribution is -0.142. The van der Waals surface area contributed by atoms with Crippen LogP contribution in [0.4, 0.5) is 0 Å². The van der Waals surface area contributed by atoms with Crippen molar-refractivity contribution in [3.63, 3.8) is 0 Å². The first-order valence-electron chi connectivity index (χ1n) is 10.9. The number of hydrogen-bond acceptors (Lipinski definition) is 3. The number of rotatable bonds is 5. The maximum absolute atomic E-state index is 13.1. The maximum atomic E-state index is 13.1. The van der Waals surface area contributed by atoms with Crippen LogP contribution in [0.2, 0.25) is 0 Å². The van der Waals surface area contributed by atoms with Crippen LogP contribution in [0.5, 0.6) is 0 Å². The number of amides is 2. The SMILES string of the molecule is CCC(=O)N1CCCCC1C(=O)NC1CCCc2c1cnn2Cc1ccccc1. The Hall–Kier alpha value is -2.63. The first-order chi connectivity index (χ1) is 14.2. The van der Waals surface area contributed by atoms with Crippen LogP contribution in [0.3, 0.4) is 0 Å². The largest absolute Gasteiger partial charge is 0.347 e. The molecule has 1 saturated heterocycles. The van der Waals surface area contributed by atoms with Gasteiger partial charge in [0, 0.05) is 24.2 Å². The smallest absolute Gasteiger partial charge is 0.243 e. The second-order valence-corrected chi connectivity index (χ2v) is 8.10. The fourth-order valence-corrected chi connectivity index (χ4v) is 4.63. The van der Waals surface area contributed by atoms with E-state index in [-0.39, 0.29) is 23.9 Å². The average molecular weight is 395 g/mol. The standard InChI is InChI=1S/C23H30N4O2/c1-2-22(28)26-14-7-6-12-21(26)23(29)25-19-11-8-13-20-18(19)15-24-27(20)16-17-9-4-3-5-10-17/h3-5,9-10,15,19,21H,2,6-8,11-14,16H2,1H3,(H,25,29). The minimum absolute atomic E-state index is 0.0137. The molecule has 1 aliphatic heterocycles. The second kappa shape index (κ2) is 8.80. The molecule has 0 bridgehead atoms. The molecule has 29 heavy (non-hydrogen) atoms. The van der Waals surface area contributed by atoms with Crippen LogP contribution in [0.15, 0.2) is 36.5 Å². The first kappa shape index (κ1) is 19.7. The third-order valence-electron chi connectivity index (χ3n) is 6.18. The molecule has 2 unspecified atom stereocenters. The van der Waals surface area contributed by atoms with E-state index in [4.69, 9.17) is 0 Å². The zero-order chi connectivity index (χ0) is 20.2. The minimum Gasteiger partial charge on any atom is -0.347 e. The number of hydrogen-bond donors (Lipinski definition) is 1. The molecule has 2 atom stereocenters. The van der Waals surface area contributed by atoms with Gasteiger partial charge in [-0.1, -0.05) is 37.3 Å². The van der Waals surface area contributed by atoms with Crippen molar-refractivity contribution in [3.05, 3.63) is 53.3 Å². The van der Waals surface area contributed by atoms with Crippen molar-refractivity contribution in [1.29, 1.82) is 0 Å². The Morgan fingerprint density at radius 1 is 1.14 bits per heavy atom. The molecule has 6 heteroatoms. The number of carbonyl (C=O) groups excluding carboxylic acids is 2. The van der Waals surface area contributed by atoms with Crippen LogP contribution < -0.4 is 5.32 Å². The highest BCUT2D eigenvalue weighted by Crippen LogP contribution is 2.30. The number of fused-ring (bicyclic) bond motifs is 1. The zero-order valence-corrected chi connectivity index (χ0v) is 17.1. The van der Waals surface area contributed by atoms with Gasteiger partial charge in [-0.05, 0) is 44.1 Å². The second-order valence-electron chi connectivity index (χ2n) is 8.10. The van der Waals surface area contributed by atoms with Crippen molar-refractivity contribution < 1.29 is 9.59 Å². The van der Waals surface area contributed by atoms with E-state index < -0.39 is 0 Å². The molecule has 2 heterocycles. The van der Waals surface area contributed by atoms with Gasteiger partial charge in [0.25, 0.3) is 0 Å². The van der Waals surface area contributed by atoms with Crippen molar-refractivity contribution in [2.45, 2.75) is 70.5 Å². The van der Waals surface area contributed by atoms with Crippen LogP contribution in [-0.2, 0) is 22.6 Å². The lowest BCUT2D eigenvalue weighted by atomic mass is 9.92. The van der Waals surface area contributed by atoms with Crippen molar-refractivity contribution in [2.75, 3.05) is 6.54 Å². The van der Waals surface area contributed by atoms with Gasteiger partial charge >= 0.3 is 0 Å². The number of likely N-dealkylation sites (tertiary alicyclic amines) is 1. The predicted molar refractivity (Wildman–Crippen MR) is 111 cm³/mol. The van der Waals surface area contributed by atoms with Crippen molar-refractivity contribution in [2.24, 2.45) is 0 Å². The van der Waals surface area contributed by atoms with Gasteiger partial charge in [-0.2, -0.15) is 5.10 Å². The summed E-state index contributed by atoms with van der Waals surface area (Å²) in [6.07, 6.45) is 8.03. The molecule has 0 spiro atoms. The molecule has 2 aliphatic rings. The zero-order valence-electron chi connectivity index (χ0n) is 17.1. The van der Waals surface area contributed by atoms with Gasteiger partial charge in [0.2, 0.25) is 11.8 Å². The summed E-state index contributed by atoms with van der Waals surface area (Å²) in [5.74, 6) is 0.0602. The molecular formula is C23H30N4O2. The first-order valence-corrected chi connectivity index (χ1v) is 10.9. The Morgan fingerprint density at radius 3 is 2.76 bits per heavy atom. The molecule has 2 amide bonds. The van der Waals surface area contributed by atoms with Crippen LogP contribution >= 0.6 is 0 Å². The van der Waals surface area contributed by atoms with E-state index in [9.17, 15) is 9.59 Å². The maximum Gasteiger partial charge on any atom is 0.243 e. The number of aromatic nitrogens is 2. The number of nitrogens with zero attached hydrogens (tertiary/aromatic N) is 3. The highest BCUT2D eigenvalue weighted by atomic mass is 16.2. The molecule has 1 aromatic heterocycles. The van der Waals surface area contributed by atoms with Gasteiger partial charge in [-0.3, -0.25) is 14.3 Å². The molecule has 0 radical (unpaired) electrons. The van der Waals surface area contributed by atoms with Gasteiger partial charge in [-0.25, -0.2) is 0 Å². The fraction of sp³-hybridized carbons (Fsp3) is 0.522. The van der Waals surface area contributed by atoms with Crippen molar-refractivity contribution >= 4 is 11.8 Å². The molecule has 1 fully saturated rings. The van der Waals surface area contributed by atoms with Gasteiger partial charge in [-0.15, -0.1) is 0 Å². The van der Waals surface area contributed by atoms with E-state index in [1.54, 1.807) is 4.90 Å². The van der Waals surface area contributed by atoms with Gasteiger partial charge in [0.05, 0.1) is 18.8 Å². The summed E-state index contributed by atoms with van der Waals surface area (Å²) in [6, 6.07) is 9.98. The number of piperidine rings is 1. The molecule has 1 N–H and O–H groups in total. The highest BCUT2D eigenvalue weighted by Gasteiger charge is 2.34. The van der Waals surface area contributed by atoms with Crippen LogP contribution in [0.1, 0.15) is 68.3 Å². The van der Waals surface area contributed by atoms with Crippen LogP contribution in [-0.4, -0.2) is 39.1 Å². The molecule has 6 nitrogen and oxygen atoms in total. The molecule has 1 aromatic carbocycles. The summed E-state index contributed by atoms with van der Waals surface area (Å²) >= 11 is 0. The number of carbonyl (C=O) groups is 2. The Balaban J connectivity index is 1.48. The quantitative estimate of drug-likeness (QED) is 0.847. The fourth-order valence-electron chi connectivity index (χ4n) is 4.63. The molecule has 0 saturated carbocycles. The summed E-state index contributed by atoms with van der Waals surface area (Å²) in [6.45, 7) is 3.30. The Kier molecular flexibility index (Phi) is 5.97. The molecule has 1 aliphatic carbocycles. The summed E-state index contributed by atoms with van der Waals surface area (Å²) in [5.41, 5.74) is 3.57. The van der Waals surface area contributed by atoms with Gasteiger partial charge < -0.3 is 10.2 Å². The third kappa shape index (κ3) is 4.21. The lowest BCUT2D eigenvalue weighted by Gasteiger charge is -2.36. The van der Waals surface area contributed by atoms with Gasteiger partial charge in [0.15, 0.2) is 0 Å². The average Bonchev–Trinajstić information content (AvgIpc) is 3.17. The summed E-state index contributed by atoms with van der Waals surface area (Å²) in [4.78, 5) is 27.1. The minimum atomic E-state index is -0.332. The summed E-state index contributed by atoms with van der Waals surface area (Å²) < 4.78 is 2.07. The normalized spacial score (nSPS) is 21.5. The van der Waals surface area contributed by atoms with E-state index in [1.807, 2.05) is 31.3 Å². The molecule has 4 rings (SSSR count). The monoisotopic (exact) mass is 394 g/mol. The number of nitrogens with one attached hydrogen (secondary N) is 1. The van der Waals surface area contributed by atoms with E-state index in [1.165, 1.54) is 11.3 Å². The lowest BCUT2D eigenvalue weighted by Crippen LogP contribution is -2.52. The predicted octanol–water partition coefficient (Wildman–Crippen LogP) is 3.22. The van der Waals surface area contributed by atoms with E-state index in [2.05, 4.69) is 27.2 Å². The number of benzene rings is 1. The Morgan fingerprint density at radius 2 is 1.97 bits per heavy atom. The topological polar surface area (TPSA) is 67.2 Å². The van der Waals surface area contributed by atoms with E-state index in [0.717, 1.165) is 50.6 Å². The molecular weight excluding hydrogens is 364 g/mol. The van der Waals surface area contributed by atoms with Crippen molar-refractivity contribution in [3.8, 4) is 0 Å². The van der Waals surface area contributed by atoms with Gasteiger partial charge in [0.1, 0.15) is 6.04 Å². The van der Waals surface area contributed by atoms with Crippen LogP contribution in [0, 0.1) is 0 Å². The van der Waals surface area contributed by atoms with E-state index >= 15 is 0 Å². The Bertz CT molecular complexity index is 861. The Labute approximate surface area is 172 Å². The van der Waals surface area contributed by atoms with Crippen molar-refractivity contribution in [1.82, 2.24) is 20.0 Å². The summed E-state index contributed by atoms with van der Waals surface area (Å²) in [5, 5.41) is 7.87. The summed E-state index contributed by atoms with van der Waals surface area (Å²) in [7, 11) is 0. The molecule has 154 valence electrons. The molecule has 2 aromatic rings. The van der Waals surface area contributed by atoms with E-state index in [0.29, 0.717) is 13.0 Å². The van der Waals surface area contributed by atoms with Crippen LogP contribution in [0.25, 0.3) is 0 Å².